The zero-order chi connectivity index (χ0) is 8.97. The van der Waals surface area contributed by atoms with Gasteiger partial charge < -0.3 is 0 Å². The van der Waals surface area contributed by atoms with Crippen molar-refractivity contribution in [3.63, 3.8) is 0 Å². The fourth-order valence-electron chi connectivity index (χ4n) is 0.745. The highest BCUT2D eigenvalue weighted by Gasteiger charge is 2.01. The molecule has 0 spiro atoms. The van der Waals surface area contributed by atoms with E-state index in [0.717, 1.165) is 0 Å². The van der Waals surface area contributed by atoms with E-state index in [4.69, 9.17) is 0 Å². The molecule has 0 nitrogen and oxygen atoms in total. The minimum Gasteiger partial charge on any atom is -0.206 e. The Morgan fingerprint density at radius 1 is 1.50 bits per heavy atom. The van der Waals surface area contributed by atoms with Crippen molar-refractivity contribution in [1.82, 2.24) is 0 Å². The van der Waals surface area contributed by atoms with E-state index in [1.54, 1.807) is 12.1 Å². The zero-order valence-corrected chi connectivity index (χ0v) is 8.62. The van der Waals surface area contributed by atoms with Crippen LogP contribution in [0.4, 0.5) is 4.39 Å². The van der Waals surface area contributed by atoms with Gasteiger partial charge in [-0.3, -0.25) is 0 Å². The van der Waals surface area contributed by atoms with Crippen molar-refractivity contribution in [2.45, 2.75) is 0 Å². The van der Waals surface area contributed by atoms with E-state index in [1.165, 1.54) is 6.07 Å². The molecule has 0 unspecified atom stereocenters. The minimum atomic E-state index is -0.307. The minimum absolute atomic E-state index is 0.307. The van der Waals surface area contributed by atoms with Crippen LogP contribution in [-0.4, -0.2) is 5.75 Å². The molecule has 3 heteroatoms. The van der Waals surface area contributed by atoms with Crippen LogP contribution in [0.3, 0.4) is 0 Å². The van der Waals surface area contributed by atoms with Gasteiger partial charge in [0.15, 0.2) is 0 Å². The SMILES string of the molecule is Fc1cccc(Br)c1C#CCS. The van der Waals surface area contributed by atoms with Crippen LogP contribution in [0.2, 0.25) is 0 Å². The highest BCUT2D eigenvalue weighted by molar-refractivity contribution is 9.10. The lowest BCUT2D eigenvalue weighted by Crippen LogP contribution is -1.84. The first kappa shape index (κ1) is 9.63. The highest BCUT2D eigenvalue weighted by Crippen LogP contribution is 2.17. The van der Waals surface area contributed by atoms with Gasteiger partial charge in [-0.2, -0.15) is 12.6 Å². The van der Waals surface area contributed by atoms with Gasteiger partial charge in [-0.15, -0.1) is 0 Å². The summed E-state index contributed by atoms with van der Waals surface area (Å²) in [6, 6.07) is 4.77. The summed E-state index contributed by atoms with van der Waals surface area (Å²) in [6.45, 7) is 0. The molecular formula is C9H6BrFS. The van der Waals surface area contributed by atoms with Gasteiger partial charge in [0, 0.05) is 4.47 Å². The Labute approximate surface area is 84.7 Å². The summed E-state index contributed by atoms with van der Waals surface area (Å²) in [5.41, 5.74) is 0.395. The molecule has 1 aromatic rings. The van der Waals surface area contributed by atoms with E-state index < -0.39 is 0 Å². The van der Waals surface area contributed by atoms with Crippen molar-refractivity contribution < 1.29 is 4.39 Å². The molecule has 0 aliphatic carbocycles. The van der Waals surface area contributed by atoms with Crippen molar-refractivity contribution in [2.24, 2.45) is 0 Å². The Kier molecular flexibility index (Phi) is 3.64. The van der Waals surface area contributed by atoms with Gasteiger partial charge >= 0.3 is 0 Å². The molecule has 0 bridgehead atoms. The van der Waals surface area contributed by atoms with Crippen molar-refractivity contribution in [2.75, 3.05) is 5.75 Å². The van der Waals surface area contributed by atoms with Crippen molar-refractivity contribution in [3.8, 4) is 11.8 Å². The van der Waals surface area contributed by atoms with Crippen molar-refractivity contribution >= 4 is 28.6 Å². The largest absolute Gasteiger partial charge is 0.206 e. The average Bonchev–Trinajstić information content (AvgIpc) is 2.04. The predicted octanol–water partition coefficient (Wildman–Crippen LogP) is 2.87. The number of hydrogen-bond donors (Lipinski definition) is 1. The standard InChI is InChI=1S/C9H6BrFS/c10-8-4-1-5-9(11)7(8)3-2-6-12/h1,4-5,12H,6H2. The Morgan fingerprint density at radius 3 is 2.83 bits per heavy atom. The van der Waals surface area contributed by atoms with E-state index >= 15 is 0 Å². The molecule has 0 aliphatic rings. The fraction of sp³-hybridized carbons (Fsp3) is 0.111. The van der Waals surface area contributed by atoms with Crippen LogP contribution in [0.1, 0.15) is 5.56 Å². The molecule has 0 aromatic heterocycles. The Balaban J connectivity index is 3.13. The van der Waals surface area contributed by atoms with Gasteiger partial charge in [-0.25, -0.2) is 4.39 Å². The lowest BCUT2D eigenvalue weighted by atomic mass is 10.2. The number of rotatable bonds is 0. The van der Waals surface area contributed by atoms with Crippen LogP contribution >= 0.6 is 28.6 Å². The van der Waals surface area contributed by atoms with Crippen LogP contribution in [-0.2, 0) is 0 Å². The number of thiol groups is 1. The molecule has 0 heterocycles. The monoisotopic (exact) mass is 244 g/mol. The van der Waals surface area contributed by atoms with Crippen LogP contribution < -0.4 is 0 Å². The van der Waals surface area contributed by atoms with Gasteiger partial charge in [0.05, 0.1) is 11.3 Å². The average molecular weight is 245 g/mol. The van der Waals surface area contributed by atoms with E-state index in [0.29, 0.717) is 15.8 Å². The molecule has 12 heavy (non-hydrogen) atoms. The zero-order valence-electron chi connectivity index (χ0n) is 6.14. The molecule has 0 radical (unpaired) electrons. The van der Waals surface area contributed by atoms with E-state index in [2.05, 4.69) is 40.4 Å². The second-order valence-electron chi connectivity index (χ2n) is 2.06. The maximum atomic E-state index is 13.0. The summed E-state index contributed by atoms with van der Waals surface area (Å²) in [4.78, 5) is 0. The Morgan fingerprint density at radius 2 is 2.25 bits per heavy atom. The van der Waals surface area contributed by atoms with Crippen molar-refractivity contribution in [1.29, 1.82) is 0 Å². The lowest BCUT2D eigenvalue weighted by Gasteiger charge is -1.95. The second kappa shape index (κ2) is 4.54. The molecule has 62 valence electrons. The lowest BCUT2D eigenvalue weighted by molar-refractivity contribution is 0.623. The van der Waals surface area contributed by atoms with Crippen LogP contribution in [0.5, 0.6) is 0 Å². The Bertz CT molecular complexity index is 318. The van der Waals surface area contributed by atoms with Crippen LogP contribution in [0, 0.1) is 17.7 Å². The molecule has 0 fully saturated rings. The molecule has 1 aromatic carbocycles. The third-order valence-corrected chi connectivity index (χ3v) is 2.07. The summed E-state index contributed by atoms with van der Waals surface area (Å²) >= 11 is 7.12. The first-order valence-corrected chi connectivity index (χ1v) is 4.72. The van der Waals surface area contributed by atoms with Crippen molar-refractivity contribution in [3.05, 3.63) is 34.1 Å². The Hall–Kier alpha value is -0.460. The van der Waals surface area contributed by atoms with Crippen LogP contribution in [0.15, 0.2) is 22.7 Å². The number of hydrogen-bond acceptors (Lipinski definition) is 1. The van der Waals surface area contributed by atoms with Gasteiger partial charge in [-0.1, -0.05) is 17.9 Å². The van der Waals surface area contributed by atoms with E-state index in [-0.39, 0.29) is 5.82 Å². The first-order valence-electron chi connectivity index (χ1n) is 3.29. The third kappa shape index (κ3) is 2.26. The maximum absolute atomic E-state index is 13.0. The number of benzene rings is 1. The van der Waals surface area contributed by atoms with Gasteiger partial charge in [0.2, 0.25) is 0 Å². The summed E-state index contributed by atoms with van der Waals surface area (Å²) in [5.74, 6) is 5.50. The first-order chi connectivity index (χ1) is 5.75. The van der Waals surface area contributed by atoms with Gasteiger partial charge in [0.1, 0.15) is 5.82 Å². The molecule has 0 N–H and O–H groups in total. The summed E-state index contributed by atoms with van der Waals surface area (Å²) in [7, 11) is 0. The molecule has 1 rings (SSSR count). The van der Waals surface area contributed by atoms with E-state index in [1.807, 2.05) is 0 Å². The molecule has 0 atom stereocenters. The molecule has 0 amide bonds. The summed E-state index contributed by atoms with van der Waals surface area (Å²) in [5, 5.41) is 0. The molecule has 0 saturated heterocycles. The fourth-order valence-corrected chi connectivity index (χ4v) is 1.27. The maximum Gasteiger partial charge on any atom is 0.139 e. The van der Waals surface area contributed by atoms with Gasteiger partial charge in [-0.05, 0) is 28.1 Å². The second-order valence-corrected chi connectivity index (χ2v) is 3.23. The highest BCUT2D eigenvalue weighted by atomic mass is 79.9. The topological polar surface area (TPSA) is 0 Å². The molecule has 0 saturated carbocycles. The molecular weight excluding hydrogens is 239 g/mol. The quantitative estimate of drug-likeness (QED) is 0.527. The molecule has 0 aliphatic heterocycles. The van der Waals surface area contributed by atoms with E-state index in [9.17, 15) is 4.39 Å². The smallest absolute Gasteiger partial charge is 0.139 e. The normalized spacial score (nSPS) is 8.92. The summed E-state index contributed by atoms with van der Waals surface area (Å²) in [6.07, 6.45) is 0. The predicted molar refractivity (Wildman–Crippen MR) is 54.8 cm³/mol. The van der Waals surface area contributed by atoms with Crippen LogP contribution in [0.25, 0.3) is 0 Å². The summed E-state index contributed by atoms with van der Waals surface area (Å²) < 4.78 is 13.7. The number of halogens is 2. The van der Waals surface area contributed by atoms with Gasteiger partial charge in [0.25, 0.3) is 0 Å². The third-order valence-electron chi connectivity index (χ3n) is 1.26.